The number of halogens is 3. The Balaban J connectivity index is 2.08. The highest BCUT2D eigenvalue weighted by Gasteiger charge is 2.31. The molecule has 2 heterocycles. The Morgan fingerprint density at radius 3 is 2.50 bits per heavy atom. The van der Waals surface area contributed by atoms with Gasteiger partial charge in [-0.25, -0.2) is 18.0 Å². The van der Waals surface area contributed by atoms with Crippen LogP contribution in [0, 0.1) is 23.4 Å². The number of fused-ring (bicyclic) bond motifs is 1. The van der Waals surface area contributed by atoms with Crippen molar-refractivity contribution >= 4 is 22.6 Å². The summed E-state index contributed by atoms with van der Waals surface area (Å²) in [6, 6.07) is 3.82. The summed E-state index contributed by atoms with van der Waals surface area (Å²) in [6.45, 7) is 4.48. The van der Waals surface area contributed by atoms with Gasteiger partial charge in [0.25, 0.3) is 0 Å². The van der Waals surface area contributed by atoms with Crippen molar-refractivity contribution in [3.8, 4) is 5.69 Å². The summed E-state index contributed by atoms with van der Waals surface area (Å²) in [4.78, 5) is 26.5. The van der Waals surface area contributed by atoms with Gasteiger partial charge < -0.3 is 19.7 Å². The fourth-order valence-electron chi connectivity index (χ4n) is 4.85. The fraction of sp³-hybridized carbons (Fsp3) is 0.360. The number of piperidine rings is 1. The first kappa shape index (κ1) is 23.8. The minimum atomic E-state index is -1.54. The molecule has 0 spiro atoms. The Morgan fingerprint density at radius 2 is 1.88 bits per heavy atom. The van der Waals surface area contributed by atoms with Crippen LogP contribution >= 0.6 is 0 Å². The number of pyridine rings is 1. The smallest absolute Gasteiger partial charge is 0.341 e. The highest BCUT2D eigenvalue weighted by molar-refractivity contribution is 5.96. The molecule has 9 heteroatoms. The second-order valence-corrected chi connectivity index (χ2v) is 8.55. The predicted molar refractivity (Wildman–Crippen MR) is 122 cm³/mol. The molecule has 0 unspecified atom stereocenters. The lowest BCUT2D eigenvalue weighted by Gasteiger charge is -2.38. The molecular formula is C25H25F3N2O4. The lowest BCUT2D eigenvalue weighted by molar-refractivity contribution is 0.0695. The number of carboxylic acids is 1. The topological polar surface area (TPSA) is 82.8 Å². The Hall–Kier alpha value is -3.33. The maximum atomic E-state index is 15.5. The van der Waals surface area contributed by atoms with E-state index in [0.717, 1.165) is 24.4 Å². The van der Waals surface area contributed by atoms with E-state index < -0.39 is 40.5 Å². The molecule has 0 amide bonds. The Labute approximate surface area is 193 Å². The standard InChI is InChI=1S/C25H25F3N2O4/c1-3-13-11-29(8-7-21(13)31)23-15(4-2)22-16(10-19(23)28)24(32)17(25(33)34)12-30(22)20-6-5-14(26)9-18(20)27/h5-6,9-10,12-13,21,31H,3-4,7-8,11H2,1-2H3,(H,33,34)/t13-,21-/m1/s1. The monoisotopic (exact) mass is 474 g/mol. The highest BCUT2D eigenvalue weighted by Crippen LogP contribution is 2.36. The van der Waals surface area contributed by atoms with Gasteiger partial charge in [-0.15, -0.1) is 0 Å². The van der Waals surface area contributed by atoms with E-state index in [1.807, 2.05) is 11.8 Å². The Bertz CT molecular complexity index is 1340. The average molecular weight is 474 g/mol. The molecule has 6 nitrogen and oxygen atoms in total. The van der Waals surface area contributed by atoms with E-state index in [9.17, 15) is 28.6 Å². The minimum Gasteiger partial charge on any atom is -0.477 e. The molecule has 180 valence electrons. The van der Waals surface area contributed by atoms with Gasteiger partial charge in [-0.2, -0.15) is 0 Å². The first-order valence-corrected chi connectivity index (χ1v) is 11.2. The van der Waals surface area contributed by atoms with Crippen molar-refractivity contribution in [2.24, 2.45) is 5.92 Å². The van der Waals surface area contributed by atoms with Gasteiger partial charge in [-0.05, 0) is 37.5 Å². The van der Waals surface area contributed by atoms with Gasteiger partial charge in [0.15, 0.2) is 0 Å². The van der Waals surface area contributed by atoms with E-state index in [-0.39, 0.29) is 34.6 Å². The quantitative estimate of drug-likeness (QED) is 0.577. The minimum absolute atomic E-state index is 0.0697. The van der Waals surface area contributed by atoms with Crippen LogP contribution in [0.15, 0.2) is 35.3 Å². The van der Waals surface area contributed by atoms with Crippen molar-refractivity contribution in [3.63, 3.8) is 0 Å². The number of aryl methyl sites for hydroxylation is 1. The van der Waals surface area contributed by atoms with Crippen LogP contribution in [-0.4, -0.2) is 39.9 Å². The number of benzene rings is 2. The van der Waals surface area contributed by atoms with Gasteiger partial charge in [-0.1, -0.05) is 13.8 Å². The van der Waals surface area contributed by atoms with Crippen molar-refractivity contribution < 1.29 is 28.2 Å². The molecule has 34 heavy (non-hydrogen) atoms. The Morgan fingerprint density at radius 1 is 1.15 bits per heavy atom. The average Bonchev–Trinajstić information content (AvgIpc) is 2.79. The molecule has 4 rings (SSSR count). The van der Waals surface area contributed by atoms with Crippen LogP contribution in [0.5, 0.6) is 0 Å². The maximum absolute atomic E-state index is 15.5. The van der Waals surface area contributed by atoms with E-state index in [1.165, 1.54) is 4.57 Å². The number of carboxylic acid groups (broad SMARTS) is 1. The van der Waals surface area contributed by atoms with Gasteiger partial charge in [0.1, 0.15) is 23.0 Å². The summed E-state index contributed by atoms with van der Waals surface area (Å²) in [7, 11) is 0. The van der Waals surface area contributed by atoms with Gasteiger partial charge in [0.2, 0.25) is 5.43 Å². The van der Waals surface area contributed by atoms with E-state index in [0.29, 0.717) is 37.6 Å². The molecule has 1 saturated heterocycles. The molecule has 1 aliphatic heterocycles. The third-order valence-corrected chi connectivity index (χ3v) is 6.60. The van der Waals surface area contributed by atoms with Crippen LogP contribution in [0.1, 0.15) is 42.6 Å². The molecule has 0 bridgehead atoms. The summed E-state index contributed by atoms with van der Waals surface area (Å²) in [5, 5.41) is 19.6. The number of rotatable bonds is 5. The number of aliphatic hydroxyl groups excluding tert-OH is 1. The van der Waals surface area contributed by atoms with Crippen LogP contribution in [0.2, 0.25) is 0 Å². The zero-order valence-corrected chi connectivity index (χ0v) is 18.8. The van der Waals surface area contributed by atoms with Crippen LogP contribution in [0.25, 0.3) is 16.6 Å². The zero-order chi connectivity index (χ0) is 24.7. The second-order valence-electron chi connectivity index (χ2n) is 8.55. The number of hydrogen-bond donors (Lipinski definition) is 2. The van der Waals surface area contributed by atoms with E-state index in [1.54, 1.807) is 6.92 Å². The largest absolute Gasteiger partial charge is 0.477 e. The van der Waals surface area contributed by atoms with E-state index in [4.69, 9.17) is 0 Å². The van der Waals surface area contributed by atoms with Crippen molar-refractivity contribution in [1.29, 1.82) is 0 Å². The molecule has 1 fully saturated rings. The molecule has 1 aliphatic rings. The highest BCUT2D eigenvalue weighted by atomic mass is 19.1. The molecule has 2 atom stereocenters. The summed E-state index contributed by atoms with van der Waals surface area (Å²) < 4.78 is 45.1. The second kappa shape index (κ2) is 9.13. The third-order valence-electron chi connectivity index (χ3n) is 6.60. The van der Waals surface area contributed by atoms with Crippen molar-refractivity contribution in [2.75, 3.05) is 18.0 Å². The maximum Gasteiger partial charge on any atom is 0.341 e. The lowest BCUT2D eigenvalue weighted by Crippen LogP contribution is -2.43. The molecule has 0 aliphatic carbocycles. The molecule has 3 aromatic rings. The molecule has 1 aromatic heterocycles. The van der Waals surface area contributed by atoms with Crippen LogP contribution in [-0.2, 0) is 6.42 Å². The van der Waals surface area contributed by atoms with Crippen LogP contribution in [0.4, 0.5) is 18.9 Å². The number of carbonyl (C=O) groups is 1. The van der Waals surface area contributed by atoms with Gasteiger partial charge in [-0.3, -0.25) is 4.79 Å². The number of hydrogen-bond acceptors (Lipinski definition) is 4. The SMILES string of the molecule is CCc1c(N2CC[C@@H](O)[C@H](CC)C2)c(F)cc2c(=O)c(C(=O)O)cn(-c3ccc(F)cc3F)c12. The van der Waals surface area contributed by atoms with Crippen LogP contribution < -0.4 is 10.3 Å². The molecule has 2 N–H and O–H groups in total. The first-order valence-electron chi connectivity index (χ1n) is 11.2. The van der Waals surface area contributed by atoms with Crippen molar-refractivity contribution in [3.05, 3.63) is 69.3 Å². The normalized spacial score (nSPS) is 18.5. The van der Waals surface area contributed by atoms with Gasteiger partial charge >= 0.3 is 5.97 Å². The number of aliphatic hydroxyl groups is 1. The molecule has 2 aromatic carbocycles. The Kier molecular flexibility index (Phi) is 6.40. The predicted octanol–water partition coefficient (Wildman–Crippen LogP) is 4.27. The van der Waals surface area contributed by atoms with Gasteiger partial charge in [0.05, 0.1) is 28.4 Å². The summed E-state index contributed by atoms with van der Waals surface area (Å²) >= 11 is 0. The number of anilines is 1. The molecular weight excluding hydrogens is 449 g/mol. The summed E-state index contributed by atoms with van der Waals surface area (Å²) in [5.41, 5.74) is -0.905. The lowest BCUT2D eigenvalue weighted by atomic mass is 9.91. The number of nitrogens with zero attached hydrogens (tertiary/aromatic N) is 2. The third kappa shape index (κ3) is 3.94. The summed E-state index contributed by atoms with van der Waals surface area (Å²) in [6.07, 6.45) is 1.89. The molecule has 0 radical (unpaired) electrons. The number of aromatic carboxylic acids is 1. The zero-order valence-electron chi connectivity index (χ0n) is 18.8. The van der Waals surface area contributed by atoms with Crippen molar-refractivity contribution in [1.82, 2.24) is 4.57 Å². The fourth-order valence-corrected chi connectivity index (χ4v) is 4.85. The summed E-state index contributed by atoms with van der Waals surface area (Å²) in [5.74, 6) is -4.08. The number of aromatic nitrogens is 1. The molecule has 0 saturated carbocycles. The van der Waals surface area contributed by atoms with Crippen LogP contribution in [0.3, 0.4) is 0 Å². The van der Waals surface area contributed by atoms with E-state index in [2.05, 4.69) is 0 Å². The van der Waals surface area contributed by atoms with Gasteiger partial charge in [0, 0.05) is 36.8 Å². The van der Waals surface area contributed by atoms with E-state index >= 15 is 4.39 Å². The first-order chi connectivity index (χ1) is 16.2. The van der Waals surface area contributed by atoms with Crippen molar-refractivity contribution in [2.45, 2.75) is 39.2 Å².